The van der Waals surface area contributed by atoms with Gasteiger partial charge < -0.3 is 14.6 Å². The SMILES string of the molecule is COC(=O)c1c(C)[nH]c(C(=O)C[NH+]2CC[C@@H]3CCCC[C@@H]3C2)c1C. The van der Waals surface area contributed by atoms with Crippen molar-refractivity contribution >= 4 is 11.8 Å². The molecule has 2 heterocycles. The van der Waals surface area contributed by atoms with Crippen molar-refractivity contribution in [3.05, 3.63) is 22.5 Å². The molecule has 0 radical (unpaired) electrons. The third kappa shape index (κ3) is 3.27. The third-order valence-electron chi connectivity index (χ3n) is 6.00. The van der Waals surface area contributed by atoms with Crippen LogP contribution in [0.25, 0.3) is 0 Å². The van der Waals surface area contributed by atoms with E-state index in [1.165, 1.54) is 44.1 Å². The summed E-state index contributed by atoms with van der Waals surface area (Å²) >= 11 is 0. The molecule has 2 fully saturated rings. The fraction of sp³-hybridized carbons (Fsp3) is 0.684. The molecule has 0 bridgehead atoms. The number of carbonyl (C=O) groups is 2. The maximum absolute atomic E-state index is 12.8. The summed E-state index contributed by atoms with van der Waals surface area (Å²) in [6.45, 7) is 6.38. The van der Waals surface area contributed by atoms with Crippen molar-refractivity contribution in [1.82, 2.24) is 4.98 Å². The third-order valence-corrected chi connectivity index (χ3v) is 6.00. The first-order valence-electron chi connectivity index (χ1n) is 9.15. The Morgan fingerprint density at radius 1 is 1.17 bits per heavy atom. The van der Waals surface area contributed by atoms with Crippen molar-refractivity contribution in [2.75, 3.05) is 26.7 Å². The van der Waals surface area contributed by atoms with Gasteiger partial charge in [-0.15, -0.1) is 0 Å². The number of carbonyl (C=O) groups excluding carboxylic acids is 2. The maximum Gasteiger partial charge on any atom is 0.339 e. The monoisotopic (exact) mass is 333 g/mol. The molecule has 1 aromatic rings. The van der Waals surface area contributed by atoms with Crippen LogP contribution in [-0.4, -0.2) is 43.5 Å². The van der Waals surface area contributed by atoms with Gasteiger partial charge >= 0.3 is 5.97 Å². The molecule has 1 aliphatic carbocycles. The van der Waals surface area contributed by atoms with Gasteiger partial charge in [0.25, 0.3) is 0 Å². The molecule has 1 saturated carbocycles. The van der Waals surface area contributed by atoms with Crippen molar-refractivity contribution in [1.29, 1.82) is 0 Å². The summed E-state index contributed by atoms with van der Waals surface area (Å²) in [5.41, 5.74) is 2.51. The minimum absolute atomic E-state index is 0.106. The number of ketones is 1. The number of hydrogen-bond donors (Lipinski definition) is 2. The van der Waals surface area contributed by atoms with E-state index < -0.39 is 0 Å². The molecule has 0 amide bonds. The van der Waals surface area contributed by atoms with E-state index in [-0.39, 0.29) is 11.8 Å². The summed E-state index contributed by atoms with van der Waals surface area (Å²) in [5, 5.41) is 0. The van der Waals surface area contributed by atoms with Gasteiger partial charge in [-0.1, -0.05) is 12.8 Å². The van der Waals surface area contributed by atoms with Crippen LogP contribution < -0.4 is 4.90 Å². The summed E-state index contributed by atoms with van der Waals surface area (Å²) in [6, 6.07) is 0. The number of hydrogen-bond acceptors (Lipinski definition) is 3. The van der Waals surface area contributed by atoms with Gasteiger partial charge in [0.15, 0.2) is 0 Å². The number of nitrogens with one attached hydrogen (secondary N) is 2. The van der Waals surface area contributed by atoms with Crippen LogP contribution in [0.5, 0.6) is 0 Å². The standard InChI is InChI=1S/C19H28N2O3/c1-12-17(19(23)24-3)13(2)20-18(12)16(22)11-21-9-8-14-6-4-5-7-15(14)10-21/h14-15,20H,4-11H2,1-3H3/p+1/t14-,15+/m0/s1. The number of fused-ring (bicyclic) bond motifs is 1. The van der Waals surface area contributed by atoms with Crippen molar-refractivity contribution < 1.29 is 19.2 Å². The molecule has 2 N–H and O–H groups in total. The highest BCUT2D eigenvalue weighted by Gasteiger charge is 2.35. The van der Waals surface area contributed by atoms with E-state index in [1.807, 2.05) is 13.8 Å². The van der Waals surface area contributed by atoms with Crippen LogP contribution in [0.15, 0.2) is 0 Å². The quantitative estimate of drug-likeness (QED) is 0.651. The number of ether oxygens (including phenoxy) is 1. The first-order chi connectivity index (χ1) is 11.5. The average Bonchev–Trinajstić information content (AvgIpc) is 2.88. The highest BCUT2D eigenvalue weighted by atomic mass is 16.5. The number of likely N-dealkylation sites (tertiary alicyclic amines) is 1. The summed E-state index contributed by atoms with van der Waals surface area (Å²) in [6.07, 6.45) is 6.69. The summed E-state index contributed by atoms with van der Waals surface area (Å²) < 4.78 is 4.82. The topological polar surface area (TPSA) is 63.6 Å². The van der Waals surface area contributed by atoms with Crippen LogP contribution >= 0.6 is 0 Å². The van der Waals surface area contributed by atoms with E-state index in [2.05, 4.69) is 4.98 Å². The maximum atomic E-state index is 12.8. The number of Topliss-reactive ketones (excluding diaryl/α,β-unsaturated/α-hetero) is 1. The zero-order valence-corrected chi connectivity index (χ0v) is 15.0. The fourth-order valence-electron chi connectivity index (χ4n) is 4.71. The number of H-pyrrole nitrogens is 1. The smallest absolute Gasteiger partial charge is 0.339 e. The molecular formula is C19H29N2O3+. The van der Waals surface area contributed by atoms with Gasteiger partial charge in [0.2, 0.25) is 5.78 Å². The Bertz CT molecular complexity index is 635. The summed E-state index contributed by atoms with van der Waals surface area (Å²) in [4.78, 5) is 29.2. The largest absolute Gasteiger partial charge is 0.465 e. The predicted octanol–water partition coefficient (Wildman–Crippen LogP) is 1.70. The number of aromatic amines is 1. The Morgan fingerprint density at radius 3 is 2.58 bits per heavy atom. The fourth-order valence-corrected chi connectivity index (χ4v) is 4.71. The molecule has 5 heteroatoms. The number of methoxy groups -OCH3 is 1. The molecule has 1 unspecified atom stereocenters. The highest BCUT2D eigenvalue weighted by Crippen LogP contribution is 2.32. The molecular weight excluding hydrogens is 304 g/mol. The lowest BCUT2D eigenvalue weighted by atomic mass is 9.75. The Kier molecular flexibility index (Phi) is 5.09. The van der Waals surface area contributed by atoms with Crippen molar-refractivity contribution in [2.45, 2.75) is 46.0 Å². The molecule has 24 heavy (non-hydrogen) atoms. The molecule has 0 spiro atoms. The van der Waals surface area contributed by atoms with Crippen LogP contribution in [-0.2, 0) is 4.74 Å². The summed E-state index contributed by atoms with van der Waals surface area (Å²) in [5.74, 6) is 1.41. The van der Waals surface area contributed by atoms with Gasteiger partial charge in [-0.05, 0) is 44.6 Å². The van der Waals surface area contributed by atoms with E-state index in [1.54, 1.807) is 0 Å². The van der Waals surface area contributed by atoms with Gasteiger partial charge in [0.05, 0.1) is 31.5 Å². The molecule has 1 aliphatic heterocycles. The van der Waals surface area contributed by atoms with Crippen LogP contribution in [0, 0.1) is 25.7 Å². The first-order valence-corrected chi connectivity index (χ1v) is 9.15. The van der Waals surface area contributed by atoms with Gasteiger partial charge in [0, 0.05) is 11.6 Å². The molecule has 5 nitrogen and oxygen atoms in total. The lowest BCUT2D eigenvalue weighted by Crippen LogP contribution is -3.14. The Balaban J connectivity index is 1.68. The number of esters is 1. The summed E-state index contributed by atoms with van der Waals surface area (Å²) in [7, 11) is 1.37. The second-order valence-electron chi connectivity index (χ2n) is 7.51. The molecule has 0 aromatic carbocycles. The molecule has 132 valence electrons. The minimum Gasteiger partial charge on any atom is -0.465 e. The molecule has 1 saturated heterocycles. The van der Waals surface area contributed by atoms with Crippen LogP contribution in [0.4, 0.5) is 0 Å². The van der Waals surface area contributed by atoms with Crippen LogP contribution in [0.3, 0.4) is 0 Å². The van der Waals surface area contributed by atoms with Crippen molar-refractivity contribution in [3.8, 4) is 0 Å². The van der Waals surface area contributed by atoms with Gasteiger partial charge in [-0.3, -0.25) is 4.79 Å². The molecule has 2 aliphatic rings. The number of rotatable bonds is 4. The second-order valence-corrected chi connectivity index (χ2v) is 7.51. The zero-order valence-electron chi connectivity index (χ0n) is 15.0. The number of quaternary nitrogens is 1. The number of piperidine rings is 1. The van der Waals surface area contributed by atoms with E-state index >= 15 is 0 Å². The second kappa shape index (κ2) is 7.09. The van der Waals surface area contributed by atoms with Crippen LogP contribution in [0.2, 0.25) is 0 Å². The predicted molar refractivity (Wildman–Crippen MR) is 91.6 cm³/mol. The van der Waals surface area contributed by atoms with Crippen molar-refractivity contribution in [2.24, 2.45) is 11.8 Å². The Labute approximate surface area is 143 Å². The average molecular weight is 333 g/mol. The first kappa shape index (κ1) is 17.2. The zero-order chi connectivity index (χ0) is 17.3. The minimum atomic E-state index is -0.379. The Morgan fingerprint density at radius 2 is 1.88 bits per heavy atom. The molecule has 3 rings (SSSR count). The lowest BCUT2D eigenvalue weighted by molar-refractivity contribution is -0.902. The van der Waals surface area contributed by atoms with E-state index in [4.69, 9.17) is 4.74 Å². The Hall–Kier alpha value is -1.62. The van der Waals surface area contributed by atoms with Crippen molar-refractivity contribution in [3.63, 3.8) is 0 Å². The van der Waals surface area contributed by atoms with E-state index in [0.29, 0.717) is 23.5 Å². The molecule has 1 aromatic heterocycles. The normalized spacial score (nSPS) is 26.7. The number of aryl methyl sites for hydroxylation is 1. The van der Waals surface area contributed by atoms with Gasteiger partial charge in [-0.25, -0.2) is 4.79 Å². The highest BCUT2D eigenvalue weighted by molar-refractivity contribution is 6.01. The molecule has 3 atom stereocenters. The van der Waals surface area contributed by atoms with Gasteiger partial charge in [-0.2, -0.15) is 0 Å². The lowest BCUT2D eigenvalue weighted by Gasteiger charge is -2.38. The number of aromatic nitrogens is 1. The van der Waals surface area contributed by atoms with E-state index in [9.17, 15) is 9.59 Å². The van der Waals surface area contributed by atoms with Crippen LogP contribution in [0.1, 0.15) is 64.2 Å². The van der Waals surface area contributed by atoms with E-state index in [0.717, 1.165) is 30.5 Å². The van der Waals surface area contributed by atoms with Gasteiger partial charge in [0.1, 0.15) is 6.54 Å².